The van der Waals surface area contributed by atoms with Gasteiger partial charge in [-0.1, -0.05) is 11.6 Å². The molecule has 0 radical (unpaired) electrons. The van der Waals surface area contributed by atoms with Crippen molar-refractivity contribution < 1.29 is 4.39 Å². The molecule has 3 aromatic rings. The van der Waals surface area contributed by atoms with Gasteiger partial charge in [-0.25, -0.2) is 4.39 Å². The van der Waals surface area contributed by atoms with E-state index in [9.17, 15) is 4.39 Å². The van der Waals surface area contributed by atoms with Gasteiger partial charge in [0.25, 0.3) is 0 Å². The lowest BCUT2D eigenvalue weighted by atomic mass is 10.2. The monoisotopic (exact) mass is 262 g/mol. The van der Waals surface area contributed by atoms with Crippen molar-refractivity contribution in [3.63, 3.8) is 0 Å². The number of halogens is 2. The number of nitrogens with two attached hydrogens (primary N) is 1. The molecule has 18 heavy (non-hydrogen) atoms. The minimum atomic E-state index is -0.464. The number of benzene rings is 1. The van der Waals surface area contributed by atoms with Crippen molar-refractivity contribution in [2.45, 2.75) is 0 Å². The number of rotatable bonds is 1. The third-order valence-electron chi connectivity index (χ3n) is 2.60. The third kappa shape index (κ3) is 1.69. The van der Waals surface area contributed by atoms with Crippen molar-refractivity contribution in [1.82, 2.24) is 14.6 Å². The molecule has 0 fully saturated rings. The Hall–Kier alpha value is -2.14. The standard InChI is InChI=1S/C12H8ClFN4/c13-9-5-7(1-3-10(9)14)12-17-16-11-4-2-8(15)6-18(11)12/h1-6H,15H2. The number of nitrogens with zero attached hydrogens (tertiary/aromatic N) is 3. The van der Waals surface area contributed by atoms with Crippen molar-refractivity contribution >= 4 is 22.9 Å². The Morgan fingerprint density at radius 1 is 1.17 bits per heavy atom. The average Bonchev–Trinajstić information content (AvgIpc) is 2.75. The second kappa shape index (κ2) is 3.96. The van der Waals surface area contributed by atoms with Crippen molar-refractivity contribution in [3.05, 3.63) is 47.4 Å². The molecule has 90 valence electrons. The highest BCUT2D eigenvalue weighted by atomic mass is 35.5. The van der Waals surface area contributed by atoms with E-state index in [-0.39, 0.29) is 5.02 Å². The Morgan fingerprint density at radius 3 is 2.78 bits per heavy atom. The van der Waals surface area contributed by atoms with Crippen LogP contribution in [0, 0.1) is 5.82 Å². The Bertz CT molecular complexity index is 738. The van der Waals surface area contributed by atoms with E-state index >= 15 is 0 Å². The van der Waals surface area contributed by atoms with Gasteiger partial charge in [0.05, 0.1) is 5.02 Å². The summed E-state index contributed by atoms with van der Waals surface area (Å²) >= 11 is 5.76. The number of fused-ring (bicyclic) bond motifs is 1. The van der Waals surface area contributed by atoms with Crippen LogP contribution in [0.5, 0.6) is 0 Å². The van der Waals surface area contributed by atoms with Gasteiger partial charge in [0.15, 0.2) is 11.5 Å². The lowest BCUT2D eigenvalue weighted by molar-refractivity contribution is 0.628. The van der Waals surface area contributed by atoms with E-state index in [1.807, 2.05) is 0 Å². The van der Waals surface area contributed by atoms with Crippen LogP contribution >= 0.6 is 11.6 Å². The zero-order valence-electron chi connectivity index (χ0n) is 9.14. The van der Waals surface area contributed by atoms with Crippen LogP contribution < -0.4 is 5.73 Å². The smallest absolute Gasteiger partial charge is 0.168 e. The van der Waals surface area contributed by atoms with Crippen molar-refractivity contribution in [1.29, 1.82) is 0 Å². The summed E-state index contributed by atoms with van der Waals surface area (Å²) in [7, 11) is 0. The van der Waals surface area contributed by atoms with Gasteiger partial charge in [-0.3, -0.25) is 4.40 Å². The van der Waals surface area contributed by atoms with Crippen LogP contribution in [0.25, 0.3) is 17.0 Å². The molecule has 0 aliphatic rings. The maximum absolute atomic E-state index is 13.1. The molecule has 0 bridgehead atoms. The van der Waals surface area contributed by atoms with Crippen molar-refractivity contribution in [3.8, 4) is 11.4 Å². The zero-order valence-corrected chi connectivity index (χ0v) is 9.89. The Kier molecular flexibility index (Phi) is 2.41. The molecule has 2 aromatic heterocycles. The molecule has 4 nitrogen and oxygen atoms in total. The predicted octanol–water partition coefficient (Wildman–Crippen LogP) is 2.77. The van der Waals surface area contributed by atoms with E-state index < -0.39 is 5.82 Å². The van der Waals surface area contributed by atoms with Crippen LogP contribution in [0.2, 0.25) is 5.02 Å². The Labute approximate surface area is 107 Å². The highest BCUT2D eigenvalue weighted by Gasteiger charge is 2.10. The van der Waals surface area contributed by atoms with Crippen molar-refractivity contribution in [2.24, 2.45) is 0 Å². The molecular formula is C12H8ClFN4. The van der Waals surface area contributed by atoms with E-state index in [1.54, 1.807) is 28.8 Å². The van der Waals surface area contributed by atoms with Crippen LogP contribution in [-0.2, 0) is 0 Å². The van der Waals surface area contributed by atoms with Gasteiger partial charge >= 0.3 is 0 Å². The molecule has 0 atom stereocenters. The molecule has 1 aromatic carbocycles. The molecule has 0 spiro atoms. The summed E-state index contributed by atoms with van der Waals surface area (Å²) in [5.41, 5.74) is 7.66. The zero-order chi connectivity index (χ0) is 12.7. The van der Waals surface area contributed by atoms with Gasteiger partial charge in [0.2, 0.25) is 0 Å². The first kappa shape index (κ1) is 11.0. The lowest BCUT2D eigenvalue weighted by Gasteiger charge is -2.02. The summed E-state index contributed by atoms with van der Waals surface area (Å²) in [6, 6.07) is 7.91. The van der Waals surface area contributed by atoms with Gasteiger partial charge in [-0.05, 0) is 30.3 Å². The van der Waals surface area contributed by atoms with Crippen molar-refractivity contribution in [2.75, 3.05) is 5.73 Å². The molecule has 0 saturated heterocycles. The van der Waals surface area contributed by atoms with E-state index in [0.717, 1.165) is 0 Å². The number of nitrogen functional groups attached to an aromatic ring is 1. The second-order valence-corrected chi connectivity index (χ2v) is 4.25. The molecule has 0 saturated carbocycles. The minimum absolute atomic E-state index is 0.0492. The number of pyridine rings is 1. The summed E-state index contributed by atoms with van der Waals surface area (Å²) < 4.78 is 14.9. The van der Waals surface area contributed by atoms with Gasteiger partial charge < -0.3 is 5.73 Å². The van der Waals surface area contributed by atoms with Crippen LogP contribution in [0.15, 0.2) is 36.5 Å². The summed E-state index contributed by atoms with van der Waals surface area (Å²) in [6.45, 7) is 0. The minimum Gasteiger partial charge on any atom is -0.398 e. The Balaban J connectivity index is 2.24. The number of anilines is 1. The highest BCUT2D eigenvalue weighted by Crippen LogP contribution is 2.24. The molecule has 0 unspecified atom stereocenters. The van der Waals surface area contributed by atoms with Gasteiger partial charge in [0, 0.05) is 17.4 Å². The van der Waals surface area contributed by atoms with E-state index in [4.69, 9.17) is 17.3 Å². The average molecular weight is 263 g/mol. The first-order valence-electron chi connectivity index (χ1n) is 5.21. The first-order valence-corrected chi connectivity index (χ1v) is 5.58. The lowest BCUT2D eigenvalue weighted by Crippen LogP contribution is -1.93. The summed E-state index contributed by atoms with van der Waals surface area (Å²) in [5.74, 6) is 0.105. The third-order valence-corrected chi connectivity index (χ3v) is 2.89. The van der Waals surface area contributed by atoms with Gasteiger partial charge in [0.1, 0.15) is 5.82 Å². The summed E-state index contributed by atoms with van der Waals surface area (Å²) in [4.78, 5) is 0. The van der Waals surface area contributed by atoms with E-state index in [2.05, 4.69) is 10.2 Å². The molecule has 0 aliphatic heterocycles. The maximum atomic E-state index is 13.1. The molecular weight excluding hydrogens is 255 g/mol. The van der Waals surface area contributed by atoms with Crippen LogP contribution in [-0.4, -0.2) is 14.6 Å². The van der Waals surface area contributed by atoms with Gasteiger partial charge in [-0.15, -0.1) is 10.2 Å². The first-order chi connectivity index (χ1) is 8.65. The molecule has 0 aliphatic carbocycles. The molecule has 6 heteroatoms. The van der Waals surface area contributed by atoms with Gasteiger partial charge in [-0.2, -0.15) is 0 Å². The number of hydrogen-bond acceptors (Lipinski definition) is 3. The SMILES string of the molecule is Nc1ccc2nnc(-c3ccc(F)c(Cl)c3)n2c1. The second-order valence-electron chi connectivity index (χ2n) is 3.84. The quantitative estimate of drug-likeness (QED) is 0.734. The summed E-state index contributed by atoms with van der Waals surface area (Å²) in [6.07, 6.45) is 1.71. The largest absolute Gasteiger partial charge is 0.398 e. The summed E-state index contributed by atoms with van der Waals surface area (Å²) in [5, 5.41) is 8.11. The molecule has 3 rings (SSSR count). The Morgan fingerprint density at radius 2 is 2.00 bits per heavy atom. The highest BCUT2D eigenvalue weighted by molar-refractivity contribution is 6.31. The predicted molar refractivity (Wildman–Crippen MR) is 67.8 cm³/mol. The van der Waals surface area contributed by atoms with E-state index in [0.29, 0.717) is 22.7 Å². The normalized spacial score (nSPS) is 11.0. The van der Waals surface area contributed by atoms with Crippen LogP contribution in [0.4, 0.5) is 10.1 Å². The fourth-order valence-electron chi connectivity index (χ4n) is 1.74. The fourth-order valence-corrected chi connectivity index (χ4v) is 1.92. The topological polar surface area (TPSA) is 56.2 Å². The number of hydrogen-bond donors (Lipinski definition) is 1. The molecule has 2 N–H and O–H groups in total. The van der Waals surface area contributed by atoms with E-state index in [1.165, 1.54) is 12.1 Å². The van der Waals surface area contributed by atoms with Crippen LogP contribution in [0.1, 0.15) is 0 Å². The molecule has 0 amide bonds. The fraction of sp³-hybridized carbons (Fsp3) is 0. The maximum Gasteiger partial charge on any atom is 0.168 e. The number of aromatic nitrogens is 3. The van der Waals surface area contributed by atoms with Crippen LogP contribution in [0.3, 0.4) is 0 Å². The molecule has 2 heterocycles.